The Kier molecular flexibility index (Phi) is 5.47. The molecule has 1 unspecified atom stereocenters. The molecule has 90 valence electrons. The van der Waals surface area contributed by atoms with E-state index in [2.05, 4.69) is 43.2 Å². The van der Waals surface area contributed by atoms with Crippen LogP contribution in [0, 0.1) is 12.8 Å². The predicted octanol–water partition coefficient (Wildman–Crippen LogP) is 2.96. The third kappa shape index (κ3) is 4.75. The van der Waals surface area contributed by atoms with Crippen LogP contribution in [0.4, 0.5) is 0 Å². The van der Waals surface area contributed by atoms with Crippen LogP contribution in [-0.2, 0) is 6.42 Å². The summed E-state index contributed by atoms with van der Waals surface area (Å²) in [5.41, 5.74) is 2.31. The van der Waals surface area contributed by atoms with Crippen molar-refractivity contribution >= 4 is 0 Å². The number of pyridine rings is 1. The fraction of sp³-hybridized carbons (Fsp3) is 0.643. The predicted molar refractivity (Wildman–Crippen MR) is 69.6 cm³/mol. The summed E-state index contributed by atoms with van der Waals surface area (Å²) in [5.74, 6) is 0.730. The Morgan fingerprint density at radius 3 is 2.62 bits per heavy atom. The zero-order valence-corrected chi connectivity index (χ0v) is 11.0. The lowest BCUT2D eigenvalue weighted by atomic mass is 9.99. The molecular weight excluding hydrogens is 196 g/mol. The number of hydrogen-bond acceptors (Lipinski definition) is 2. The van der Waals surface area contributed by atoms with Gasteiger partial charge in [0, 0.05) is 23.9 Å². The van der Waals surface area contributed by atoms with Crippen LogP contribution < -0.4 is 5.32 Å². The van der Waals surface area contributed by atoms with Gasteiger partial charge < -0.3 is 5.32 Å². The Morgan fingerprint density at radius 1 is 1.31 bits per heavy atom. The summed E-state index contributed by atoms with van der Waals surface area (Å²) < 4.78 is 0. The zero-order chi connectivity index (χ0) is 12.0. The Hall–Kier alpha value is -0.890. The minimum Gasteiger partial charge on any atom is -0.314 e. The van der Waals surface area contributed by atoms with E-state index in [1.54, 1.807) is 0 Å². The van der Waals surface area contributed by atoms with Gasteiger partial charge in [-0.3, -0.25) is 4.98 Å². The topological polar surface area (TPSA) is 24.9 Å². The molecule has 0 aliphatic carbocycles. The number of aromatic nitrogens is 1. The van der Waals surface area contributed by atoms with Gasteiger partial charge in [0.25, 0.3) is 0 Å². The second-order valence-corrected chi connectivity index (χ2v) is 4.86. The normalized spacial score (nSPS) is 13.1. The van der Waals surface area contributed by atoms with Gasteiger partial charge in [0.15, 0.2) is 0 Å². The van der Waals surface area contributed by atoms with Crippen LogP contribution in [0.1, 0.15) is 38.6 Å². The lowest BCUT2D eigenvalue weighted by molar-refractivity contribution is 0.421. The molecule has 0 amide bonds. The average molecular weight is 220 g/mol. The first-order valence-corrected chi connectivity index (χ1v) is 6.27. The van der Waals surface area contributed by atoms with Crippen molar-refractivity contribution in [1.82, 2.24) is 10.3 Å². The molecule has 2 nitrogen and oxygen atoms in total. The minimum absolute atomic E-state index is 0.555. The van der Waals surface area contributed by atoms with E-state index in [0.717, 1.165) is 24.6 Å². The van der Waals surface area contributed by atoms with Crippen molar-refractivity contribution in [1.29, 1.82) is 0 Å². The van der Waals surface area contributed by atoms with Crippen LogP contribution in [0.3, 0.4) is 0 Å². The molecule has 1 aromatic rings. The van der Waals surface area contributed by atoms with Crippen LogP contribution in [0.5, 0.6) is 0 Å². The summed E-state index contributed by atoms with van der Waals surface area (Å²) in [4.78, 5) is 4.56. The molecule has 0 radical (unpaired) electrons. The fourth-order valence-electron chi connectivity index (χ4n) is 2.06. The molecule has 0 bridgehead atoms. The van der Waals surface area contributed by atoms with Crippen LogP contribution in [0.2, 0.25) is 0 Å². The molecule has 0 aliphatic heterocycles. The van der Waals surface area contributed by atoms with E-state index in [1.165, 1.54) is 12.1 Å². The highest BCUT2D eigenvalue weighted by Gasteiger charge is 2.11. The van der Waals surface area contributed by atoms with Crippen molar-refractivity contribution in [2.45, 2.75) is 46.6 Å². The van der Waals surface area contributed by atoms with Gasteiger partial charge in [-0.15, -0.1) is 0 Å². The Bertz CT molecular complexity index is 307. The van der Waals surface area contributed by atoms with E-state index in [-0.39, 0.29) is 0 Å². The summed E-state index contributed by atoms with van der Waals surface area (Å²) >= 11 is 0. The molecule has 2 heteroatoms. The van der Waals surface area contributed by atoms with Gasteiger partial charge in [0.1, 0.15) is 0 Å². The van der Waals surface area contributed by atoms with Crippen molar-refractivity contribution in [3.8, 4) is 0 Å². The summed E-state index contributed by atoms with van der Waals surface area (Å²) in [6.07, 6.45) is 2.25. The number of rotatable bonds is 6. The van der Waals surface area contributed by atoms with E-state index >= 15 is 0 Å². The SMILES string of the molecule is CCNC(Cc1cccc(C)n1)CC(C)C. The van der Waals surface area contributed by atoms with E-state index in [0.29, 0.717) is 6.04 Å². The highest BCUT2D eigenvalue weighted by atomic mass is 14.9. The largest absolute Gasteiger partial charge is 0.314 e. The summed E-state index contributed by atoms with van der Waals surface area (Å²) in [6, 6.07) is 6.82. The van der Waals surface area contributed by atoms with Crippen molar-refractivity contribution < 1.29 is 0 Å². The van der Waals surface area contributed by atoms with Gasteiger partial charge in [-0.2, -0.15) is 0 Å². The zero-order valence-electron chi connectivity index (χ0n) is 11.0. The van der Waals surface area contributed by atoms with Gasteiger partial charge in [-0.25, -0.2) is 0 Å². The molecule has 1 aromatic heterocycles. The second kappa shape index (κ2) is 6.64. The molecule has 1 heterocycles. The highest BCUT2D eigenvalue weighted by Crippen LogP contribution is 2.10. The maximum atomic E-state index is 4.56. The van der Waals surface area contributed by atoms with E-state index in [9.17, 15) is 0 Å². The molecule has 0 saturated heterocycles. The molecular formula is C14H24N2. The van der Waals surface area contributed by atoms with Crippen molar-refractivity contribution in [2.24, 2.45) is 5.92 Å². The Morgan fingerprint density at radius 2 is 2.06 bits per heavy atom. The minimum atomic E-state index is 0.555. The van der Waals surface area contributed by atoms with Crippen LogP contribution in [0.25, 0.3) is 0 Å². The van der Waals surface area contributed by atoms with E-state index in [1.807, 2.05) is 13.0 Å². The van der Waals surface area contributed by atoms with Crippen LogP contribution in [-0.4, -0.2) is 17.6 Å². The van der Waals surface area contributed by atoms with Gasteiger partial charge in [-0.1, -0.05) is 26.8 Å². The van der Waals surface area contributed by atoms with Crippen molar-refractivity contribution in [2.75, 3.05) is 6.54 Å². The third-order valence-corrected chi connectivity index (χ3v) is 2.65. The maximum Gasteiger partial charge on any atom is 0.0422 e. The summed E-state index contributed by atoms with van der Waals surface area (Å²) in [6.45, 7) is 9.79. The molecule has 0 fully saturated rings. The van der Waals surface area contributed by atoms with Crippen molar-refractivity contribution in [3.63, 3.8) is 0 Å². The van der Waals surface area contributed by atoms with Gasteiger partial charge in [0.2, 0.25) is 0 Å². The molecule has 0 aliphatic rings. The van der Waals surface area contributed by atoms with E-state index in [4.69, 9.17) is 0 Å². The maximum absolute atomic E-state index is 4.56. The van der Waals surface area contributed by atoms with E-state index < -0.39 is 0 Å². The number of nitrogens with zero attached hydrogens (tertiary/aromatic N) is 1. The standard InChI is InChI=1S/C14H24N2/c1-5-15-14(9-11(2)3)10-13-8-6-7-12(4)16-13/h6-8,11,14-15H,5,9-10H2,1-4H3. The summed E-state index contributed by atoms with van der Waals surface area (Å²) in [5, 5.41) is 3.54. The second-order valence-electron chi connectivity index (χ2n) is 4.86. The number of aryl methyl sites for hydroxylation is 1. The average Bonchev–Trinajstić information content (AvgIpc) is 2.16. The molecule has 0 spiro atoms. The van der Waals surface area contributed by atoms with Gasteiger partial charge in [0.05, 0.1) is 0 Å². The molecule has 1 N–H and O–H groups in total. The lowest BCUT2D eigenvalue weighted by Gasteiger charge is -2.19. The van der Waals surface area contributed by atoms with Gasteiger partial charge in [-0.05, 0) is 37.9 Å². The van der Waals surface area contributed by atoms with Gasteiger partial charge >= 0.3 is 0 Å². The highest BCUT2D eigenvalue weighted by molar-refractivity contribution is 5.11. The fourth-order valence-corrected chi connectivity index (χ4v) is 2.06. The number of likely N-dealkylation sites (N-methyl/N-ethyl adjacent to an activating group) is 1. The monoisotopic (exact) mass is 220 g/mol. The molecule has 0 saturated carbocycles. The first-order valence-electron chi connectivity index (χ1n) is 6.27. The third-order valence-electron chi connectivity index (χ3n) is 2.65. The first-order chi connectivity index (χ1) is 7.61. The molecule has 16 heavy (non-hydrogen) atoms. The lowest BCUT2D eigenvalue weighted by Crippen LogP contribution is -2.32. The summed E-state index contributed by atoms with van der Waals surface area (Å²) in [7, 11) is 0. The molecule has 0 aromatic carbocycles. The smallest absolute Gasteiger partial charge is 0.0422 e. The quantitative estimate of drug-likeness (QED) is 0.797. The first kappa shape index (κ1) is 13.2. The van der Waals surface area contributed by atoms with Crippen LogP contribution >= 0.6 is 0 Å². The molecule has 1 atom stereocenters. The number of hydrogen-bond donors (Lipinski definition) is 1. The Balaban J connectivity index is 2.60. The van der Waals surface area contributed by atoms with Crippen LogP contribution in [0.15, 0.2) is 18.2 Å². The van der Waals surface area contributed by atoms with Crippen molar-refractivity contribution in [3.05, 3.63) is 29.6 Å². The Labute approximate surface area is 99.5 Å². The number of nitrogens with one attached hydrogen (secondary N) is 1. The molecule has 1 rings (SSSR count).